The molecule has 0 radical (unpaired) electrons. The number of rotatable bonds is 6. The van der Waals surface area contributed by atoms with E-state index in [1.807, 2.05) is 32.0 Å². The number of piperidine rings is 1. The molecular weight excluding hydrogens is 473 g/mol. The Labute approximate surface area is 216 Å². The van der Waals surface area contributed by atoms with Gasteiger partial charge in [-0.15, -0.1) is 0 Å². The van der Waals surface area contributed by atoms with E-state index < -0.39 is 5.82 Å². The highest BCUT2D eigenvalue weighted by Gasteiger charge is 2.29. The second-order valence-electron chi connectivity index (χ2n) is 10.2. The summed E-state index contributed by atoms with van der Waals surface area (Å²) in [5.41, 5.74) is 1.71. The molecule has 37 heavy (non-hydrogen) atoms. The Kier molecular flexibility index (Phi) is 7.15. The maximum absolute atomic E-state index is 14.1. The third-order valence-electron chi connectivity index (χ3n) is 7.30. The van der Waals surface area contributed by atoms with Gasteiger partial charge in [-0.2, -0.15) is 0 Å². The molecule has 196 valence electrons. The first-order valence-corrected chi connectivity index (χ1v) is 13.0. The molecular formula is C28H34FN5O3. The fourth-order valence-electron chi connectivity index (χ4n) is 5.47. The molecule has 0 spiro atoms. The van der Waals surface area contributed by atoms with Crippen molar-refractivity contribution in [2.75, 3.05) is 38.2 Å². The number of aromatic nitrogens is 2. The predicted octanol–water partition coefficient (Wildman–Crippen LogP) is 3.41. The summed E-state index contributed by atoms with van der Waals surface area (Å²) < 4.78 is 20.6. The molecule has 1 atom stereocenters. The quantitative estimate of drug-likeness (QED) is 0.551. The Hall–Kier alpha value is -3.46. The largest absolute Gasteiger partial charge is 0.494 e. The summed E-state index contributed by atoms with van der Waals surface area (Å²) in [7, 11) is 1.38. The summed E-state index contributed by atoms with van der Waals surface area (Å²) in [6.45, 7) is 7.57. The van der Waals surface area contributed by atoms with E-state index >= 15 is 0 Å². The molecule has 3 heterocycles. The van der Waals surface area contributed by atoms with E-state index in [-0.39, 0.29) is 29.8 Å². The van der Waals surface area contributed by atoms with Gasteiger partial charge in [0.05, 0.1) is 18.0 Å². The highest BCUT2D eigenvalue weighted by Crippen LogP contribution is 2.29. The molecule has 2 aliphatic rings. The zero-order valence-corrected chi connectivity index (χ0v) is 21.7. The van der Waals surface area contributed by atoms with Crippen molar-refractivity contribution in [2.45, 2.75) is 51.7 Å². The number of benzene rings is 2. The van der Waals surface area contributed by atoms with Crippen LogP contribution in [-0.2, 0) is 11.3 Å². The number of hydrogen-bond donors (Lipinski definition) is 1. The molecule has 0 saturated carbocycles. The fourth-order valence-corrected chi connectivity index (χ4v) is 5.47. The lowest BCUT2D eigenvalue weighted by molar-refractivity contribution is -0.122. The first kappa shape index (κ1) is 25.2. The Morgan fingerprint density at radius 1 is 1.16 bits per heavy atom. The van der Waals surface area contributed by atoms with E-state index in [4.69, 9.17) is 9.72 Å². The van der Waals surface area contributed by atoms with Crippen LogP contribution in [0.25, 0.3) is 22.3 Å². The summed E-state index contributed by atoms with van der Waals surface area (Å²) in [5, 5.41) is 3.30. The normalized spacial score (nSPS) is 18.2. The van der Waals surface area contributed by atoms with Gasteiger partial charge in [0.15, 0.2) is 11.6 Å². The summed E-state index contributed by atoms with van der Waals surface area (Å²) in [5.74, 6) is -0.472. The van der Waals surface area contributed by atoms with E-state index in [0.29, 0.717) is 28.3 Å². The van der Waals surface area contributed by atoms with Gasteiger partial charge in [0, 0.05) is 43.0 Å². The average Bonchev–Trinajstić information content (AvgIpc) is 2.89. The molecule has 0 aliphatic carbocycles. The minimum atomic E-state index is -0.513. The first-order chi connectivity index (χ1) is 17.8. The Bertz CT molecular complexity index is 1370. The van der Waals surface area contributed by atoms with Crippen molar-refractivity contribution in [3.8, 4) is 17.1 Å². The van der Waals surface area contributed by atoms with Crippen molar-refractivity contribution in [1.29, 1.82) is 0 Å². The van der Waals surface area contributed by atoms with Gasteiger partial charge in [0.25, 0.3) is 5.56 Å². The molecule has 8 nitrogen and oxygen atoms in total. The Morgan fingerprint density at radius 3 is 2.78 bits per heavy atom. The number of piperazine rings is 1. The van der Waals surface area contributed by atoms with Crippen molar-refractivity contribution in [2.24, 2.45) is 0 Å². The molecule has 5 rings (SSSR count). The lowest BCUT2D eigenvalue weighted by Gasteiger charge is -2.45. The molecule has 2 fully saturated rings. The fraction of sp³-hybridized carbons (Fsp3) is 0.464. The average molecular weight is 508 g/mol. The number of carbonyl (C=O) groups excluding carboxylic acids is 1. The standard InChI is InChI=1S/C28H34FN5O3/c1-18(2)30-26(35)17-34-27(19-7-9-23(29)25(14-19)37-3)31-24-10-8-20(15-22(24)28(34)36)33-13-12-32-11-5-4-6-21(32)16-33/h7-10,14-15,18,21H,4-6,11-13,16-17H2,1-3H3,(H,30,35). The van der Waals surface area contributed by atoms with Crippen LogP contribution in [0, 0.1) is 5.82 Å². The monoisotopic (exact) mass is 507 g/mol. The second kappa shape index (κ2) is 10.5. The number of methoxy groups -OCH3 is 1. The molecule has 2 aliphatic heterocycles. The molecule has 2 aromatic carbocycles. The minimum absolute atomic E-state index is 0.0437. The van der Waals surface area contributed by atoms with Crippen LogP contribution in [0.15, 0.2) is 41.2 Å². The highest BCUT2D eigenvalue weighted by molar-refractivity contribution is 5.85. The topological polar surface area (TPSA) is 79.7 Å². The predicted molar refractivity (Wildman–Crippen MR) is 143 cm³/mol. The molecule has 1 N–H and O–H groups in total. The molecule has 2 saturated heterocycles. The van der Waals surface area contributed by atoms with Crippen molar-refractivity contribution in [1.82, 2.24) is 19.8 Å². The van der Waals surface area contributed by atoms with E-state index in [0.717, 1.165) is 25.3 Å². The van der Waals surface area contributed by atoms with Gasteiger partial charge in [0.1, 0.15) is 12.4 Å². The van der Waals surface area contributed by atoms with Gasteiger partial charge < -0.3 is 15.0 Å². The lowest BCUT2D eigenvalue weighted by Crippen LogP contribution is -2.54. The number of ether oxygens (including phenoxy) is 1. The smallest absolute Gasteiger partial charge is 0.262 e. The maximum atomic E-state index is 14.1. The third kappa shape index (κ3) is 5.18. The van der Waals surface area contributed by atoms with Crippen molar-refractivity contribution >= 4 is 22.5 Å². The van der Waals surface area contributed by atoms with Crippen LogP contribution in [0.2, 0.25) is 0 Å². The maximum Gasteiger partial charge on any atom is 0.262 e. The van der Waals surface area contributed by atoms with Crippen LogP contribution >= 0.6 is 0 Å². The van der Waals surface area contributed by atoms with Crippen molar-refractivity contribution < 1.29 is 13.9 Å². The van der Waals surface area contributed by atoms with Crippen LogP contribution in [0.5, 0.6) is 5.75 Å². The Balaban J connectivity index is 1.57. The molecule has 1 unspecified atom stereocenters. The summed E-state index contributed by atoms with van der Waals surface area (Å²) in [4.78, 5) is 36.3. The van der Waals surface area contributed by atoms with Crippen molar-refractivity contribution in [3.05, 3.63) is 52.6 Å². The molecule has 0 bridgehead atoms. The molecule has 1 aromatic heterocycles. The van der Waals surface area contributed by atoms with Gasteiger partial charge in [-0.1, -0.05) is 6.42 Å². The number of carbonyl (C=O) groups is 1. The highest BCUT2D eigenvalue weighted by atomic mass is 19.1. The van der Waals surface area contributed by atoms with E-state index in [1.54, 1.807) is 6.07 Å². The number of nitrogens with one attached hydrogen (secondary N) is 1. The van der Waals surface area contributed by atoms with Crippen LogP contribution in [0.1, 0.15) is 33.1 Å². The number of fused-ring (bicyclic) bond motifs is 2. The molecule has 1 amide bonds. The first-order valence-electron chi connectivity index (χ1n) is 13.0. The SMILES string of the molecule is COc1cc(-c2nc3ccc(N4CCN5CCCCC5C4)cc3c(=O)n2CC(=O)NC(C)C)ccc1F. The van der Waals surface area contributed by atoms with Crippen LogP contribution in [0.3, 0.4) is 0 Å². The zero-order valence-electron chi connectivity index (χ0n) is 21.7. The van der Waals surface area contributed by atoms with E-state index in [2.05, 4.69) is 15.1 Å². The van der Waals surface area contributed by atoms with Gasteiger partial charge in [-0.3, -0.25) is 19.1 Å². The van der Waals surface area contributed by atoms with Crippen LogP contribution in [0.4, 0.5) is 10.1 Å². The van der Waals surface area contributed by atoms with Gasteiger partial charge in [-0.25, -0.2) is 9.37 Å². The number of nitrogens with zero attached hydrogens (tertiary/aromatic N) is 4. The third-order valence-corrected chi connectivity index (χ3v) is 7.30. The lowest BCUT2D eigenvalue weighted by atomic mass is 9.99. The second-order valence-corrected chi connectivity index (χ2v) is 10.2. The van der Waals surface area contributed by atoms with Crippen LogP contribution in [-0.4, -0.2) is 65.7 Å². The summed E-state index contributed by atoms with van der Waals surface area (Å²) >= 11 is 0. The summed E-state index contributed by atoms with van der Waals surface area (Å²) in [6, 6.07) is 10.6. The van der Waals surface area contributed by atoms with Gasteiger partial charge >= 0.3 is 0 Å². The van der Waals surface area contributed by atoms with E-state index in [9.17, 15) is 14.0 Å². The molecule has 9 heteroatoms. The molecule has 3 aromatic rings. The van der Waals surface area contributed by atoms with Gasteiger partial charge in [-0.05, 0) is 69.6 Å². The van der Waals surface area contributed by atoms with Gasteiger partial charge in [0.2, 0.25) is 5.91 Å². The van der Waals surface area contributed by atoms with Crippen LogP contribution < -0.4 is 20.5 Å². The Morgan fingerprint density at radius 2 is 2.00 bits per heavy atom. The number of halogens is 1. The number of hydrogen-bond acceptors (Lipinski definition) is 6. The van der Waals surface area contributed by atoms with E-state index in [1.165, 1.54) is 49.6 Å². The number of amides is 1. The zero-order chi connectivity index (χ0) is 26.1. The van der Waals surface area contributed by atoms with Crippen molar-refractivity contribution in [3.63, 3.8) is 0 Å². The number of anilines is 1. The minimum Gasteiger partial charge on any atom is -0.494 e. The summed E-state index contributed by atoms with van der Waals surface area (Å²) in [6.07, 6.45) is 3.73.